The summed E-state index contributed by atoms with van der Waals surface area (Å²) in [4.78, 5) is 45.4. The van der Waals surface area contributed by atoms with Gasteiger partial charge in [-0.25, -0.2) is 9.78 Å². The smallest absolute Gasteiger partial charge is 0.350 e. The number of hydrogen-bond acceptors (Lipinski definition) is 9. The Kier molecular flexibility index (Phi) is 9.63. The monoisotopic (exact) mass is 626 g/mol. The molecule has 1 atom stereocenters. The summed E-state index contributed by atoms with van der Waals surface area (Å²) >= 11 is 0.948. The Morgan fingerprint density at radius 2 is 1.67 bits per heavy atom. The van der Waals surface area contributed by atoms with Crippen molar-refractivity contribution in [3.8, 4) is 11.5 Å². The van der Waals surface area contributed by atoms with Crippen LogP contribution < -0.4 is 14.4 Å². The highest BCUT2D eigenvalue weighted by Gasteiger charge is 2.48. The molecule has 45 heavy (non-hydrogen) atoms. The number of ketones is 1. The molecule has 232 valence electrons. The first-order valence-electron chi connectivity index (χ1n) is 14.6. The molecule has 1 aliphatic rings. The van der Waals surface area contributed by atoms with Gasteiger partial charge in [0.25, 0.3) is 5.78 Å². The molecule has 1 N–H and O–H groups in total. The molecule has 1 aliphatic heterocycles. The molecule has 0 bridgehead atoms. The lowest BCUT2D eigenvalue weighted by Gasteiger charge is -2.23. The number of rotatable bonds is 11. The molecule has 1 aromatic heterocycles. The van der Waals surface area contributed by atoms with Crippen LogP contribution in [0.1, 0.15) is 63.4 Å². The van der Waals surface area contributed by atoms with Gasteiger partial charge in [0.2, 0.25) is 0 Å². The minimum Gasteiger partial charge on any atom is -0.507 e. The molecular formula is C35H34N2O7S. The lowest BCUT2D eigenvalue weighted by Crippen LogP contribution is -2.29. The SMILES string of the molecule is CCCCOc1ccc(C2C(=C(O)c3ccc(OCc4cccc(C)c4)cc3)C(=O)C(=O)N2c2nc(C)c(C(=O)OC)s2)cc1. The largest absolute Gasteiger partial charge is 0.507 e. The van der Waals surface area contributed by atoms with Crippen LogP contribution in [0.25, 0.3) is 5.76 Å². The number of carbonyl (C=O) groups is 3. The van der Waals surface area contributed by atoms with Crippen molar-refractivity contribution in [2.45, 2.75) is 46.3 Å². The van der Waals surface area contributed by atoms with E-state index >= 15 is 0 Å². The van der Waals surface area contributed by atoms with E-state index in [1.54, 1.807) is 55.5 Å². The van der Waals surface area contributed by atoms with Gasteiger partial charge in [0.15, 0.2) is 5.13 Å². The van der Waals surface area contributed by atoms with Gasteiger partial charge in [0, 0.05) is 5.56 Å². The summed E-state index contributed by atoms with van der Waals surface area (Å²) in [5, 5.41) is 11.7. The maximum Gasteiger partial charge on any atom is 0.350 e. The molecule has 2 heterocycles. The van der Waals surface area contributed by atoms with Crippen LogP contribution in [0.3, 0.4) is 0 Å². The Bertz CT molecular complexity index is 1740. The van der Waals surface area contributed by atoms with Crippen LogP contribution >= 0.6 is 11.3 Å². The fraction of sp³-hybridized carbons (Fsp3) is 0.257. The van der Waals surface area contributed by atoms with Crippen LogP contribution in [-0.4, -0.2) is 41.5 Å². The van der Waals surface area contributed by atoms with Crippen molar-refractivity contribution >= 4 is 39.9 Å². The minimum absolute atomic E-state index is 0.0967. The highest BCUT2D eigenvalue weighted by atomic mass is 32.1. The predicted molar refractivity (Wildman–Crippen MR) is 172 cm³/mol. The first kappa shape index (κ1) is 31.5. The van der Waals surface area contributed by atoms with Gasteiger partial charge in [-0.15, -0.1) is 0 Å². The van der Waals surface area contributed by atoms with E-state index in [9.17, 15) is 19.5 Å². The fourth-order valence-corrected chi connectivity index (χ4v) is 6.04. The molecule has 9 nitrogen and oxygen atoms in total. The second-order valence-corrected chi connectivity index (χ2v) is 11.6. The number of aromatic nitrogens is 1. The summed E-state index contributed by atoms with van der Waals surface area (Å²) in [5.74, 6) is -1.44. The standard InChI is InChI=1S/C35H34N2O7S/c1-5-6-18-43-26-14-10-24(11-15-26)29-28(31(39)33(40)37(29)35-36-22(3)32(45-35)34(41)42-4)30(38)25-12-16-27(17-13-25)44-20-23-9-7-8-21(2)19-23/h7-17,19,29,38H,5-6,18,20H2,1-4H3. The molecule has 10 heteroatoms. The molecule has 5 rings (SSSR count). The van der Waals surface area contributed by atoms with E-state index in [-0.39, 0.29) is 21.3 Å². The number of ether oxygens (including phenoxy) is 3. The van der Waals surface area contributed by atoms with E-state index in [0.717, 1.165) is 35.3 Å². The first-order valence-corrected chi connectivity index (χ1v) is 15.4. The molecule has 3 aromatic carbocycles. The lowest BCUT2D eigenvalue weighted by atomic mass is 9.95. The summed E-state index contributed by atoms with van der Waals surface area (Å²) in [7, 11) is 1.26. The summed E-state index contributed by atoms with van der Waals surface area (Å²) in [6, 6.07) is 20.7. The molecule has 1 unspecified atom stereocenters. The Hall–Kier alpha value is -4.96. The fourth-order valence-electron chi connectivity index (χ4n) is 5.03. The number of nitrogens with zero attached hydrogens (tertiary/aromatic N) is 2. The van der Waals surface area contributed by atoms with Gasteiger partial charge in [0.1, 0.15) is 28.7 Å². The van der Waals surface area contributed by atoms with Crippen LogP contribution in [0.2, 0.25) is 0 Å². The quantitative estimate of drug-likeness (QED) is 0.0627. The molecular weight excluding hydrogens is 592 g/mol. The number of amides is 1. The topological polar surface area (TPSA) is 115 Å². The van der Waals surface area contributed by atoms with E-state index in [1.807, 2.05) is 31.2 Å². The van der Waals surface area contributed by atoms with Gasteiger partial charge in [-0.05, 0) is 67.8 Å². The van der Waals surface area contributed by atoms with Crippen molar-refractivity contribution < 1.29 is 33.7 Å². The Morgan fingerprint density at radius 1 is 0.978 bits per heavy atom. The van der Waals surface area contributed by atoms with Gasteiger partial charge < -0.3 is 19.3 Å². The van der Waals surface area contributed by atoms with Crippen LogP contribution in [0.5, 0.6) is 11.5 Å². The number of aliphatic hydroxyl groups excluding tert-OH is 1. The molecule has 0 aliphatic carbocycles. The summed E-state index contributed by atoms with van der Waals surface area (Å²) in [5.41, 5.74) is 3.33. The predicted octanol–water partition coefficient (Wildman–Crippen LogP) is 6.93. The number of anilines is 1. The van der Waals surface area contributed by atoms with Crippen LogP contribution in [0, 0.1) is 13.8 Å². The number of methoxy groups -OCH3 is 1. The van der Waals surface area contributed by atoms with Gasteiger partial charge in [0.05, 0.1) is 31.0 Å². The maximum absolute atomic E-state index is 13.6. The second kappa shape index (κ2) is 13.8. The Balaban J connectivity index is 1.51. The van der Waals surface area contributed by atoms with Crippen molar-refractivity contribution in [1.82, 2.24) is 4.98 Å². The number of thiazole rings is 1. The van der Waals surface area contributed by atoms with Gasteiger partial charge in [-0.1, -0.05) is 66.6 Å². The van der Waals surface area contributed by atoms with E-state index in [1.165, 1.54) is 12.0 Å². The molecule has 0 spiro atoms. The van der Waals surface area contributed by atoms with Crippen molar-refractivity contribution in [3.63, 3.8) is 0 Å². The molecule has 0 radical (unpaired) electrons. The molecule has 0 saturated carbocycles. The van der Waals surface area contributed by atoms with Crippen molar-refractivity contribution in [3.05, 3.63) is 111 Å². The van der Waals surface area contributed by atoms with Crippen molar-refractivity contribution in [2.24, 2.45) is 0 Å². The maximum atomic E-state index is 13.6. The summed E-state index contributed by atoms with van der Waals surface area (Å²) in [6.45, 7) is 6.66. The molecule has 4 aromatic rings. The second-order valence-electron chi connectivity index (χ2n) is 10.6. The summed E-state index contributed by atoms with van der Waals surface area (Å²) < 4.78 is 16.6. The van der Waals surface area contributed by atoms with Crippen LogP contribution in [0.4, 0.5) is 5.13 Å². The number of aliphatic hydroxyl groups is 1. The third-order valence-corrected chi connectivity index (χ3v) is 8.52. The molecule has 1 saturated heterocycles. The van der Waals surface area contributed by atoms with Gasteiger partial charge >= 0.3 is 11.9 Å². The number of Topliss-reactive ketones (excluding diaryl/α,β-unsaturated/α-hetero) is 1. The highest BCUT2D eigenvalue weighted by Crippen LogP contribution is 2.44. The van der Waals surface area contributed by atoms with E-state index < -0.39 is 23.7 Å². The zero-order chi connectivity index (χ0) is 32.1. The van der Waals surface area contributed by atoms with Crippen molar-refractivity contribution in [1.29, 1.82) is 0 Å². The average Bonchev–Trinajstić information content (AvgIpc) is 3.56. The van der Waals surface area contributed by atoms with E-state index in [4.69, 9.17) is 14.2 Å². The number of carbonyl (C=O) groups excluding carboxylic acids is 3. The lowest BCUT2D eigenvalue weighted by molar-refractivity contribution is -0.132. The summed E-state index contributed by atoms with van der Waals surface area (Å²) in [6.07, 6.45) is 1.90. The van der Waals surface area contributed by atoms with Crippen LogP contribution in [0.15, 0.2) is 78.4 Å². The first-order chi connectivity index (χ1) is 21.7. The Morgan fingerprint density at radius 3 is 2.33 bits per heavy atom. The molecule has 1 fully saturated rings. The van der Waals surface area contributed by atoms with Crippen molar-refractivity contribution in [2.75, 3.05) is 18.6 Å². The minimum atomic E-state index is -1.01. The average molecular weight is 627 g/mol. The zero-order valence-corrected chi connectivity index (χ0v) is 26.3. The van der Waals surface area contributed by atoms with Crippen LogP contribution in [-0.2, 0) is 20.9 Å². The zero-order valence-electron chi connectivity index (χ0n) is 25.5. The normalized spacial score (nSPS) is 15.7. The number of benzene rings is 3. The number of aryl methyl sites for hydroxylation is 2. The van der Waals surface area contributed by atoms with E-state index in [2.05, 4.69) is 11.9 Å². The van der Waals surface area contributed by atoms with E-state index in [0.29, 0.717) is 41.5 Å². The number of hydrogen-bond donors (Lipinski definition) is 1. The highest BCUT2D eigenvalue weighted by molar-refractivity contribution is 7.17. The van der Waals surface area contributed by atoms with Gasteiger partial charge in [-0.3, -0.25) is 14.5 Å². The third-order valence-electron chi connectivity index (χ3n) is 7.38. The molecule has 1 amide bonds. The number of esters is 1. The number of unbranched alkanes of at least 4 members (excludes halogenated alkanes) is 1. The third kappa shape index (κ3) is 6.76. The Labute approximate surface area is 265 Å². The van der Waals surface area contributed by atoms with Gasteiger partial charge in [-0.2, -0.15) is 0 Å².